The first kappa shape index (κ1) is 44.1. The summed E-state index contributed by atoms with van der Waals surface area (Å²) in [6.45, 7) is 64.7. The fourth-order valence-corrected chi connectivity index (χ4v) is 110. The van der Waals surface area contributed by atoms with E-state index in [-0.39, 0.29) is 0 Å². The van der Waals surface area contributed by atoms with Crippen molar-refractivity contribution in [2.75, 3.05) is 0 Å². The van der Waals surface area contributed by atoms with E-state index in [2.05, 4.69) is 169 Å². The normalized spacial score (nSPS) is 15.3. The summed E-state index contributed by atoms with van der Waals surface area (Å²) in [5.41, 5.74) is 5.52. The van der Waals surface area contributed by atoms with Gasteiger partial charge in [-0.1, -0.05) is 0 Å². The van der Waals surface area contributed by atoms with Crippen LogP contribution in [0.25, 0.3) is 0 Å². The fraction of sp³-hybridized carbons (Fsp3) is 0.824. The number of rotatable bonds is 13. The number of benzene rings is 1. The van der Waals surface area contributed by atoms with Gasteiger partial charge in [0, 0.05) is 0 Å². The van der Waals surface area contributed by atoms with Gasteiger partial charge in [-0.15, -0.1) is 0 Å². The van der Waals surface area contributed by atoms with Gasteiger partial charge in [-0.2, -0.15) is 0 Å². The molecule has 0 radical (unpaired) electrons. The van der Waals surface area contributed by atoms with Crippen LogP contribution in [0.1, 0.15) is 32.2 Å². The van der Waals surface area contributed by atoms with Gasteiger partial charge in [0.2, 0.25) is 0 Å². The topological polar surface area (TPSA) is 0 Å². The summed E-state index contributed by atoms with van der Waals surface area (Å²) in [7, 11) is -4.70. The molecule has 0 bridgehead atoms. The Hall–Kier alpha value is 2.10. The molecule has 0 atom stereocenters. The van der Waals surface area contributed by atoms with Crippen LogP contribution in [-0.4, -0.2) is 85.2 Å². The molecule has 1 aromatic carbocycles. The molecular weight excluding hydrogens is 872 g/mol. The Morgan fingerprint density at radius 1 is 0.386 bits per heavy atom. The molecule has 10 heteroatoms. The van der Waals surface area contributed by atoms with Gasteiger partial charge in [-0.3, -0.25) is 0 Å². The predicted octanol–water partition coefficient (Wildman–Crippen LogP) is 12.7. The summed E-state index contributed by atoms with van der Waals surface area (Å²) >= 11 is -2.76. The number of hydrogen-bond acceptors (Lipinski definition) is 1. The van der Waals surface area contributed by atoms with E-state index in [1.807, 2.05) is 14.2 Å². The third kappa shape index (κ3) is 11.0. The quantitative estimate of drug-likeness (QED) is 0.178. The molecule has 0 aromatic heterocycles. The SMILES string of the molecule is C[Si](C)(C)C(c1cc(C([Si](C)(C)C)[Si](C)(C)C)[c]([Pb](=[S])[CH]([Si](C)(C)C)[Si](C)(C)C)c(C([Si](C)(C)C)[Si](C)(C)C)c1)[Si](C)(C)C. The predicted molar refractivity (Wildman–Crippen MR) is 238 cm³/mol. The van der Waals surface area contributed by atoms with Crippen LogP contribution < -0.4 is 3.12 Å². The Labute approximate surface area is 298 Å². The van der Waals surface area contributed by atoms with E-state index in [1.165, 1.54) is 0 Å². The third-order valence-electron chi connectivity index (χ3n) is 9.61. The molecule has 1 aromatic rings. The van der Waals surface area contributed by atoms with Crippen molar-refractivity contribution < 1.29 is 0 Å². The first-order chi connectivity index (χ1) is 18.9. The van der Waals surface area contributed by atoms with Gasteiger partial charge in [0.05, 0.1) is 0 Å². The second-order valence-corrected chi connectivity index (χ2v) is 83.3. The molecule has 0 N–H and O–H groups in total. The molecular formula is C34H78PbSSi8. The summed E-state index contributed by atoms with van der Waals surface area (Å²) in [4.78, 5) is 0. The third-order valence-corrected chi connectivity index (χ3v) is 85.2. The Morgan fingerprint density at radius 3 is 0.795 bits per heavy atom. The van der Waals surface area contributed by atoms with Gasteiger partial charge in [-0.05, 0) is 0 Å². The standard InChI is InChI=1S/C27H59Si6.C7H19Si2.Pb.S/c1-28(2,3)25(29(4,5)6)22-19-23(26(30(7,8)9)31(10,11)12)21-24(20-22)27(32(13,14)15)33(16,17)18;1-8(2,3)7-9(4,5)6;;/h19-20,25-27H,1-18H3;7H,1-6H3;;. The van der Waals surface area contributed by atoms with Crippen molar-refractivity contribution in [3.05, 3.63) is 28.8 Å². The van der Waals surface area contributed by atoms with E-state index in [1.54, 1.807) is 5.56 Å². The van der Waals surface area contributed by atoms with Crippen LogP contribution in [0.2, 0.25) is 160 Å². The average molecular weight is 951 g/mol. The molecule has 0 aliphatic rings. The van der Waals surface area contributed by atoms with Crippen LogP contribution in [0.4, 0.5) is 0 Å². The maximum absolute atomic E-state index is 7.34. The zero-order valence-electron chi connectivity index (χ0n) is 34.4. The zero-order chi connectivity index (χ0) is 35.6. The molecule has 0 unspecified atom stereocenters. The molecule has 0 nitrogen and oxygen atoms in total. The fourth-order valence-electron chi connectivity index (χ4n) is 10.6. The van der Waals surface area contributed by atoms with Gasteiger partial charge in [-0.25, -0.2) is 0 Å². The monoisotopic (exact) mass is 950 g/mol. The molecule has 0 saturated carbocycles. The van der Waals surface area contributed by atoms with E-state index < -0.39 is 85.2 Å². The minimum absolute atomic E-state index is 0.767. The van der Waals surface area contributed by atoms with Gasteiger partial charge >= 0.3 is 301 Å². The molecule has 44 heavy (non-hydrogen) atoms. The summed E-state index contributed by atoms with van der Waals surface area (Å²) in [6, 6.07) is 5.85. The van der Waals surface area contributed by atoms with Crippen LogP contribution in [0.3, 0.4) is 0 Å². The second kappa shape index (κ2) is 14.0. The second-order valence-electron chi connectivity index (χ2n) is 23.1. The van der Waals surface area contributed by atoms with E-state index in [9.17, 15) is 0 Å². The summed E-state index contributed by atoms with van der Waals surface area (Å²) in [6.07, 6.45) is 0. The van der Waals surface area contributed by atoms with E-state index in [0.29, 0.717) is 0 Å². The van der Waals surface area contributed by atoms with Gasteiger partial charge < -0.3 is 0 Å². The number of hydrogen-bond donors (Lipinski definition) is 0. The van der Waals surface area contributed by atoms with Crippen LogP contribution in [0.5, 0.6) is 0 Å². The molecule has 0 spiro atoms. The molecule has 0 aliphatic carbocycles. The summed E-state index contributed by atoms with van der Waals surface area (Å²) in [5.74, 6) is 0. The van der Waals surface area contributed by atoms with E-state index in [0.717, 1.165) is 18.2 Å². The van der Waals surface area contributed by atoms with Crippen LogP contribution in [0, 0.1) is 0 Å². The van der Waals surface area contributed by atoms with Gasteiger partial charge in [0.1, 0.15) is 0 Å². The Kier molecular flexibility index (Phi) is 14.1. The Balaban J connectivity index is 4.91. The van der Waals surface area contributed by atoms with Crippen molar-refractivity contribution in [3.8, 4) is 0 Å². The molecule has 0 fully saturated rings. The van der Waals surface area contributed by atoms with Crippen molar-refractivity contribution in [2.45, 2.75) is 175 Å². The molecule has 1 rings (SSSR count). The average Bonchev–Trinajstić information content (AvgIpc) is 2.57. The van der Waals surface area contributed by atoms with Crippen LogP contribution in [-0.2, 0) is 0 Å². The molecule has 0 aliphatic heterocycles. The molecule has 256 valence electrons. The maximum atomic E-state index is 7.34. The van der Waals surface area contributed by atoms with Crippen molar-refractivity contribution in [2.24, 2.45) is 0 Å². The zero-order valence-corrected chi connectivity index (χ0v) is 47.1. The molecule has 0 saturated heterocycles. The van der Waals surface area contributed by atoms with Gasteiger partial charge in [0.15, 0.2) is 0 Å². The Morgan fingerprint density at radius 2 is 0.614 bits per heavy atom. The van der Waals surface area contributed by atoms with Crippen molar-refractivity contribution in [1.82, 2.24) is 0 Å². The van der Waals surface area contributed by atoms with Gasteiger partial charge in [0.25, 0.3) is 0 Å². The summed E-state index contributed by atoms with van der Waals surface area (Å²) in [5, 5.41) is 2.31. The van der Waals surface area contributed by atoms with E-state index >= 15 is 0 Å². The van der Waals surface area contributed by atoms with Crippen molar-refractivity contribution in [3.63, 3.8) is 0 Å². The van der Waals surface area contributed by atoms with Crippen molar-refractivity contribution >= 4 is 97.0 Å². The first-order valence-corrected chi connectivity index (χ1v) is 55.5. The van der Waals surface area contributed by atoms with Crippen LogP contribution in [0.15, 0.2) is 12.1 Å². The van der Waals surface area contributed by atoms with Crippen LogP contribution >= 0.6 is 8.65 Å². The Bertz CT molecular complexity index is 1060. The molecule has 0 amide bonds. The first-order valence-electron chi connectivity index (χ1n) is 17.6. The van der Waals surface area contributed by atoms with E-state index in [4.69, 9.17) is 8.65 Å². The summed E-state index contributed by atoms with van der Waals surface area (Å²) < 4.78 is 2.83. The minimum atomic E-state index is -2.76. The molecule has 0 heterocycles. The van der Waals surface area contributed by atoms with Crippen molar-refractivity contribution in [1.29, 1.82) is 0 Å².